The van der Waals surface area contributed by atoms with Gasteiger partial charge in [0.1, 0.15) is 11.9 Å². The molecule has 0 bridgehead atoms. The van der Waals surface area contributed by atoms with Crippen molar-refractivity contribution in [3.8, 4) is 0 Å². The van der Waals surface area contributed by atoms with E-state index < -0.39 is 0 Å². The molecule has 1 aromatic carbocycles. The molecule has 4 nitrogen and oxygen atoms in total. The molecule has 2 unspecified atom stereocenters. The van der Waals surface area contributed by atoms with E-state index >= 15 is 0 Å². The van der Waals surface area contributed by atoms with Crippen LogP contribution >= 0.6 is 23.2 Å². The van der Waals surface area contributed by atoms with Crippen molar-refractivity contribution >= 4 is 40.1 Å². The number of carbonyl (C=O) groups excluding carboxylic acids is 1. The number of alkyl halides is 1. The maximum absolute atomic E-state index is 12.3. The lowest BCUT2D eigenvalue weighted by atomic mass is 10.2. The number of amides is 1. The lowest BCUT2D eigenvalue weighted by Crippen LogP contribution is -2.25. The second-order valence-corrected chi connectivity index (χ2v) is 6.19. The largest absolute Gasteiger partial charge is 0.344 e. The molecule has 2 aromatic rings. The molecule has 1 amide bonds. The number of rotatable bonds is 2. The Morgan fingerprint density at radius 1 is 1.45 bits per heavy atom. The van der Waals surface area contributed by atoms with Gasteiger partial charge in [-0.05, 0) is 25.5 Å². The Balaban J connectivity index is 2.27. The van der Waals surface area contributed by atoms with Crippen molar-refractivity contribution in [1.29, 1.82) is 0 Å². The fourth-order valence-corrected chi connectivity index (χ4v) is 3.18. The standard InChI is InChI=1S/C14H15Cl2N3O/c1-8(15)13-17-10-5-3-4-9(16)12(10)19(13)11-6-7-18(2)14(11)20/h3-5,8,11H,6-7H2,1-2H3. The SMILES string of the molecule is CC(Cl)c1nc2cccc(Cl)c2n1C1CCN(C)C1=O. The number of hydrogen-bond donors (Lipinski definition) is 0. The van der Waals surface area contributed by atoms with E-state index in [4.69, 9.17) is 23.2 Å². The van der Waals surface area contributed by atoms with E-state index in [0.29, 0.717) is 10.8 Å². The van der Waals surface area contributed by atoms with Gasteiger partial charge < -0.3 is 9.47 Å². The number of fused-ring (bicyclic) bond motifs is 1. The number of aromatic nitrogens is 2. The summed E-state index contributed by atoms with van der Waals surface area (Å²) in [5, 5.41) is 0.318. The van der Waals surface area contributed by atoms with E-state index in [1.807, 2.05) is 36.7 Å². The number of carbonyl (C=O) groups is 1. The number of hydrogen-bond acceptors (Lipinski definition) is 2. The van der Waals surface area contributed by atoms with Crippen molar-refractivity contribution in [2.45, 2.75) is 24.8 Å². The van der Waals surface area contributed by atoms with E-state index in [2.05, 4.69) is 4.98 Å². The third kappa shape index (κ3) is 1.98. The highest BCUT2D eigenvalue weighted by Crippen LogP contribution is 2.35. The first-order valence-corrected chi connectivity index (χ1v) is 7.37. The molecule has 1 fully saturated rings. The summed E-state index contributed by atoms with van der Waals surface area (Å²) in [5.74, 6) is 0.784. The van der Waals surface area contributed by atoms with Crippen molar-refractivity contribution in [2.75, 3.05) is 13.6 Å². The molecule has 0 aliphatic carbocycles. The summed E-state index contributed by atoms with van der Waals surface area (Å²) in [6, 6.07) is 5.30. The lowest BCUT2D eigenvalue weighted by Gasteiger charge is -2.17. The van der Waals surface area contributed by atoms with Crippen LogP contribution in [0.5, 0.6) is 0 Å². The molecular weight excluding hydrogens is 297 g/mol. The Bertz CT molecular complexity index is 680. The Morgan fingerprint density at radius 2 is 2.20 bits per heavy atom. The van der Waals surface area contributed by atoms with Crippen LogP contribution < -0.4 is 0 Å². The first-order valence-electron chi connectivity index (χ1n) is 6.56. The normalized spacial score (nSPS) is 20.9. The topological polar surface area (TPSA) is 38.1 Å². The highest BCUT2D eigenvalue weighted by Gasteiger charge is 2.34. The van der Waals surface area contributed by atoms with Gasteiger partial charge >= 0.3 is 0 Å². The second-order valence-electron chi connectivity index (χ2n) is 5.13. The number of benzene rings is 1. The molecule has 0 N–H and O–H groups in total. The average Bonchev–Trinajstić information content (AvgIpc) is 2.93. The van der Waals surface area contributed by atoms with E-state index in [1.54, 1.807) is 4.90 Å². The van der Waals surface area contributed by atoms with Gasteiger partial charge in [0.15, 0.2) is 0 Å². The summed E-state index contributed by atoms with van der Waals surface area (Å²) < 4.78 is 1.92. The molecule has 6 heteroatoms. The third-order valence-corrected chi connectivity index (χ3v) is 4.26. The molecule has 1 aliphatic rings. The first kappa shape index (κ1) is 13.7. The van der Waals surface area contributed by atoms with E-state index in [9.17, 15) is 4.79 Å². The van der Waals surface area contributed by atoms with Crippen LogP contribution in [0.4, 0.5) is 0 Å². The van der Waals surface area contributed by atoms with Gasteiger partial charge in [-0.15, -0.1) is 11.6 Å². The van der Waals surface area contributed by atoms with Crippen molar-refractivity contribution in [3.05, 3.63) is 29.0 Å². The van der Waals surface area contributed by atoms with Crippen LogP contribution in [-0.4, -0.2) is 34.0 Å². The summed E-state index contributed by atoms with van der Waals surface area (Å²) in [7, 11) is 1.81. The molecule has 20 heavy (non-hydrogen) atoms. The van der Waals surface area contributed by atoms with Gasteiger partial charge in [0.25, 0.3) is 0 Å². The zero-order valence-electron chi connectivity index (χ0n) is 11.3. The number of likely N-dealkylation sites (tertiary alicyclic amines) is 1. The lowest BCUT2D eigenvalue weighted by molar-refractivity contribution is -0.129. The monoisotopic (exact) mass is 311 g/mol. The number of likely N-dealkylation sites (N-methyl/N-ethyl adjacent to an activating group) is 1. The Morgan fingerprint density at radius 3 is 2.80 bits per heavy atom. The fourth-order valence-electron chi connectivity index (χ4n) is 2.76. The average molecular weight is 312 g/mol. The van der Waals surface area contributed by atoms with Crippen LogP contribution in [0.1, 0.15) is 30.6 Å². The molecule has 2 heterocycles. The zero-order valence-corrected chi connectivity index (χ0v) is 12.8. The first-order chi connectivity index (χ1) is 9.50. The summed E-state index contributed by atoms with van der Waals surface area (Å²) in [5.41, 5.74) is 1.58. The molecule has 3 rings (SSSR count). The minimum absolute atomic E-state index is 0.0859. The minimum atomic E-state index is -0.280. The molecule has 106 valence electrons. The van der Waals surface area contributed by atoms with Gasteiger partial charge in [-0.1, -0.05) is 17.7 Å². The maximum Gasteiger partial charge on any atom is 0.245 e. The predicted octanol–water partition coefficient (Wildman–Crippen LogP) is 3.39. The van der Waals surface area contributed by atoms with Crippen LogP contribution in [0.2, 0.25) is 5.02 Å². The van der Waals surface area contributed by atoms with E-state index in [1.165, 1.54) is 0 Å². The molecular formula is C14H15Cl2N3O. The predicted molar refractivity (Wildman–Crippen MR) is 80.3 cm³/mol. The van der Waals surface area contributed by atoms with Crippen molar-refractivity contribution in [3.63, 3.8) is 0 Å². The molecule has 2 atom stereocenters. The van der Waals surface area contributed by atoms with Crippen LogP contribution in [0, 0.1) is 0 Å². The highest BCUT2D eigenvalue weighted by atomic mass is 35.5. The van der Waals surface area contributed by atoms with Gasteiger partial charge in [0, 0.05) is 13.6 Å². The van der Waals surface area contributed by atoms with E-state index in [0.717, 1.165) is 24.0 Å². The molecule has 1 aliphatic heterocycles. The summed E-state index contributed by atoms with van der Waals surface area (Å²) >= 11 is 12.6. The van der Waals surface area contributed by atoms with Crippen LogP contribution in [-0.2, 0) is 4.79 Å². The van der Waals surface area contributed by atoms with Crippen LogP contribution in [0.3, 0.4) is 0 Å². The highest BCUT2D eigenvalue weighted by molar-refractivity contribution is 6.35. The van der Waals surface area contributed by atoms with Gasteiger partial charge in [-0.3, -0.25) is 4.79 Å². The molecule has 0 radical (unpaired) electrons. The third-order valence-electron chi connectivity index (χ3n) is 3.75. The second kappa shape index (κ2) is 4.93. The van der Waals surface area contributed by atoms with Gasteiger partial charge in [0.05, 0.1) is 21.4 Å². The number of para-hydroxylation sites is 1. The number of nitrogens with zero attached hydrogens (tertiary/aromatic N) is 3. The van der Waals surface area contributed by atoms with Gasteiger partial charge in [0.2, 0.25) is 5.91 Å². The van der Waals surface area contributed by atoms with Crippen molar-refractivity contribution in [2.24, 2.45) is 0 Å². The molecule has 0 spiro atoms. The Kier molecular flexibility index (Phi) is 3.38. The van der Waals surface area contributed by atoms with Gasteiger partial charge in [-0.25, -0.2) is 4.98 Å². The fraction of sp³-hybridized carbons (Fsp3) is 0.429. The van der Waals surface area contributed by atoms with Crippen LogP contribution in [0.15, 0.2) is 18.2 Å². The number of imidazole rings is 1. The Labute approximate surface area is 127 Å². The van der Waals surface area contributed by atoms with Crippen molar-refractivity contribution in [1.82, 2.24) is 14.5 Å². The van der Waals surface area contributed by atoms with E-state index in [-0.39, 0.29) is 17.3 Å². The molecule has 1 aromatic heterocycles. The molecule has 0 saturated carbocycles. The zero-order chi connectivity index (χ0) is 14.4. The molecule has 1 saturated heterocycles. The maximum atomic E-state index is 12.3. The quantitative estimate of drug-likeness (QED) is 0.797. The summed E-state index contributed by atoms with van der Waals surface area (Å²) in [6.07, 6.45) is 0.753. The number of halogens is 2. The summed E-state index contributed by atoms with van der Waals surface area (Å²) in [6.45, 7) is 2.60. The Hall–Kier alpha value is -1.26. The van der Waals surface area contributed by atoms with Crippen molar-refractivity contribution < 1.29 is 4.79 Å². The van der Waals surface area contributed by atoms with Gasteiger partial charge in [-0.2, -0.15) is 0 Å². The summed E-state index contributed by atoms with van der Waals surface area (Å²) in [4.78, 5) is 18.6. The minimum Gasteiger partial charge on any atom is -0.344 e. The van der Waals surface area contributed by atoms with Crippen LogP contribution in [0.25, 0.3) is 11.0 Å². The smallest absolute Gasteiger partial charge is 0.245 e.